The van der Waals surface area contributed by atoms with Gasteiger partial charge in [-0.3, -0.25) is 14.4 Å². The monoisotopic (exact) mass is 635 g/mol. The average Bonchev–Trinajstić information content (AvgIpc) is 3.45. The number of ether oxygens (including phenoxy) is 2. The number of fused-ring (bicyclic) bond motifs is 1. The Hall–Kier alpha value is -4.79. The van der Waals surface area contributed by atoms with Crippen LogP contribution in [0.5, 0.6) is 11.5 Å². The van der Waals surface area contributed by atoms with E-state index in [2.05, 4.69) is 22.9 Å². The van der Waals surface area contributed by atoms with Crippen LogP contribution in [0.25, 0.3) is 22.2 Å². The summed E-state index contributed by atoms with van der Waals surface area (Å²) >= 11 is 0. The van der Waals surface area contributed by atoms with Gasteiger partial charge in [0.2, 0.25) is 0 Å². The molecule has 47 heavy (non-hydrogen) atoms. The predicted octanol–water partition coefficient (Wildman–Crippen LogP) is 5.73. The van der Waals surface area contributed by atoms with Crippen LogP contribution in [0.3, 0.4) is 0 Å². The number of rotatable bonds is 7. The van der Waals surface area contributed by atoms with E-state index < -0.39 is 5.82 Å². The lowest BCUT2D eigenvalue weighted by atomic mass is 9.78. The molecule has 3 aliphatic heterocycles. The van der Waals surface area contributed by atoms with Crippen LogP contribution < -0.4 is 10.5 Å². The molecule has 0 spiro atoms. The largest absolute Gasteiger partial charge is 0.457 e. The van der Waals surface area contributed by atoms with Crippen LogP contribution in [0.15, 0.2) is 72.4 Å². The van der Waals surface area contributed by atoms with Gasteiger partial charge in [0.1, 0.15) is 40.5 Å². The third-order valence-electron chi connectivity index (χ3n) is 9.77. The van der Waals surface area contributed by atoms with Crippen LogP contribution in [0.2, 0.25) is 0 Å². The number of benzene rings is 2. The van der Waals surface area contributed by atoms with Crippen molar-refractivity contribution in [2.24, 2.45) is 5.41 Å². The maximum Gasteiger partial charge on any atom is 0.264 e. The Balaban J connectivity index is 1.13. The molecule has 1 atom stereocenters. The zero-order chi connectivity index (χ0) is 32.5. The lowest BCUT2D eigenvalue weighted by Gasteiger charge is -2.44. The second-order valence-corrected chi connectivity index (χ2v) is 13.0. The number of nitrogen functional groups attached to an aromatic ring is 1. The number of piperidine rings is 2. The second-order valence-electron chi connectivity index (χ2n) is 13.0. The van der Waals surface area contributed by atoms with Crippen molar-refractivity contribution in [2.75, 3.05) is 45.1 Å². The van der Waals surface area contributed by atoms with Gasteiger partial charge in [-0.15, -0.1) is 0 Å². The number of nitriles is 1. The minimum atomic E-state index is -0.502. The molecule has 1 amide bonds. The number of hydrogen-bond donors (Lipinski definition) is 1. The van der Waals surface area contributed by atoms with E-state index in [1.54, 1.807) is 35.4 Å². The Morgan fingerprint density at radius 1 is 1.11 bits per heavy atom. The number of carbonyl (C=O) groups is 1. The average molecular weight is 636 g/mol. The Labute approximate surface area is 273 Å². The predicted molar refractivity (Wildman–Crippen MR) is 176 cm³/mol. The first-order valence-corrected chi connectivity index (χ1v) is 16.2. The van der Waals surface area contributed by atoms with E-state index in [-0.39, 0.29) is 34.3 Å². The Bertz CT molecular complexity index is 1860. The summed E-state index contributed by atoms with van der Waals surface area (Å²) in [6.07, 6.45) is 6.78. The molecule has 3 fully saturated rings. The fourth-order valence-electron chi connectivity index (χ4n) is 6.93. The topological polar surface area (TPSA) is 123 Å². The molecule has 4 aromatic rings. The third kappa shape index (κ3) is 6.19. The molecule has 242 valence electrons. The molecular formula is C36H38FN7O3. The van der Waals surface area contributed by atoms with Gasteiger partial charge >= 0.3 is 0 Å². The highest BCUT2D eigenvalue weighted by Gasteiger charge is 2.36. The van der Waals surface area contributed by atoms with Gasteiger partial charge < -0.3 is 20.1 Å². The van der Waals surface area contributed by atoms with Crippen molar-refractivity contribution in [1.82, 2.24) is 24.6 Å². The summed E-state index contributed by atoms with van der Waals surface area (Å²) in [7, 11) is 0. The number of nitrogens with zero attached hydrogens (tertiary/aromatic N) is 6. The van der Waals surface area contributed by atoms with E-state index in [1.807, 2.05) is 35.0 Å². The Morgan fingerprint density at radius 3 is 2.60 bits per heavy atom. The number of hydrogen-bond acceptors (Lipinski definition) is 8. The van der Waals surface area contributed by atoms with Gasteiger partial charge in [-0.1, -0.05) is 31.2 Å². The number of aromatic nitrogens is 3. The smallest absolute Gasteiger partial charge is 0.264 e. The fraction of sp³-hybridized carbons (Fsp3) is 0.389. The molecule has 0 aliphatic carbocycles. The highest BCUT2D eigenvalue weighted by molar-refractivity contribution is 6.00. The van der Waals surface area contributed by atoms with E-state index in [1.165, 1.54) is 6.07 Å². The van der Waals surface area contributed by atoms with Gasteiger partial charge in [0.15, 0.2) is 0 Å². The lowest BCUT2D eigenvalue weighted by Crippen LogP contribution is -2.53. The quantitative estimate of drug-likeness (QED) is 0.202. The molecular weight excluding hydrogens is 597 g/mol. The number of likely N-dealkylation sites (tertiary alicyclic amines) is 2. The standard InChI is InChI=1S/C36H38FN7O3/c1-36(12-16-42(17-13-36)26-22-46-23-26)19-24(20-38)35(45)43-15-5-6-25(21-43)44-31-11-14-40-34(39)32(31)33(41-44)29-10-9-28(18-30(29)37)47-27-7-3-2-4-8-27/h2-4,7-11,14,18-19,25-26H,5-6,12-13,15-17,21-23H2,1H3,(H2,39,40)/t25-/m1/s1. The number of allylic oxidation sites excluding steroid dienone is 1. The van der Waals surface area contributed by atoms with Crippen LogP contribution in [0, 0.1) is 22.6 Å². The number of halogens is 1. The molecule has 0 bridgehead atoms. The van der Waals surface area contributed by atoms with E-state index in [0.29, 0.717) is 47.2 Å². The summed E-state index contributed by atoms with van der Waals surface area (Å²) in [4.78, 5) is 22.3. The summed E-state index contributed by atoms with van der Waals surface area (Å²) in [5.74, 6) is 0.453. The van der Waals surface area contributed by atoms with E-state index >= 15 is 4.39 Å². The van der Waals surface area contributed by atoms with Gasteiger partial charge in [0.05, 0.1) is 36.2 Å². The minimum absolute atomic E-state index is 0.188. The van der Waals surface area contributed by atoms with Gasteiger partial charge in [0.25, 0.3) is 5.91 Å². The fourth-order valence-corrected chi connectivity index (χ4v) is 6.93. The highest BCUT2D eigenvalue weighted by Crippen LogP contribution is 2.38. The van der Waals surface area contributed by atoms with Crippen molar-refractivity contribution >= 4 is 22.6 Å². The molecule has 0 unspecified atom stereocenters. The Morgan fingerprint density at radius 2 is 1.89 bits per heavy atom. The van der Waals surface area contributed by atoms with Crippen molar-refractivity contribution in [1.29, 1.82) is 5.26 Å². The minimum Gasteiger partial charge on any atom is -0.457 e. The molecule has 5 heterocycles. The first kappa shape index (κ1) is 30.8. The summed E-state index contributed by atoms with van der Waals surface area (Å²) in [6, 6.07) is 18.2. The maximum atomic E-state index is 15.7. The molecule has 2 aromatic carbocycles. The van der Waals surface area contributed by atoms with Crippen LogP contribution in [0.4, 0.5) is 10.2 Å². The highest BCUT2D eigenvalue weighted by atomic mass is 19.1. The van der Waals surface area contributed by atoms with Gasteiger partial charge in [-0.2, -0.15) is 10.4 Å². The summed E-state index contributed by atoms with van der Waals surface area (Å²) < 4.78 is 28.7. The molecule has 0 radical (unpaired) electrons. The van der Waals surface area contributed by atoms with Crippen LogP contribution in [-0.4, -0.2) is 75.9 Å². The van der Waals surface area contributed by atoms with Crippen molar-refractivity contribution in [3.05, 3.63) is 78.3 Å². The van der Waals surface area contributed by atoms with Crippen molar-refractivity contribution in [3.63, 3.8) is 0 Å². The molecule has 3 saturated heterocycles. The molecule has 10 nitrogen and oxygen atoms in total. The zero-order valence-electron chi connectivity index (χ0n) is 26.4. The molecule has 2 N–H and O–H groups in total. The van der Waals surface area contributed by atoms with Crippen LogP contribution >= 0.6 is 0 Å². The van der Waals surface area contributed by atoms with Crippen molar-refractivity contribution in [2.45, 2.75) is 44.7 Å². The number of para-hydroxylation sites is 1. The molecule has 3 aliphatic rings. The zero-order valence-corrected chi connectivity index (χ0v) is 26.4. The van der Waals surface area contributed by atoms with Crippen molar-refractivity contribution < 1.29 is 18.7 Å². The number of carbonyl (C=O) groups excluding carboxylic acids is 1. The van der Waals surface area contributed by atoms with Crippen LogP contribution in [-0.2, 0) is 9.53 Å². The summed E-state index contributed by atoms with van der Waals surface area (Å²) in [5.41, 5.74) is 7.69. The molecule has 7 rings (SSSR count). The second kappa shape index (κ2) is 12.8. The normalized spacial score (nSPS) is 20.5. The first-order chi connectivity index (χ1) is 22.8. The molecule has 0 saturated carbocycles. The van der Waals surface area contributed by atoms with Gasteiger partial charge in [0, 0.05) is 30.9 Å². The SMILES string of the molecule is CC1(C=C(C#N)C(=O)N2CCC[C@@H](n3nc(-c4ccc(Oc5ccccc5)cc4F)c4c(N)nccc43)C2)CCN(C2COC2)CC1. The number of nitrogens with two attached hydrogens (primary N) is 1. The first-order valence-electron chi connectivity index (χ1n) is 16.2. The summed E-state index contributed by atoms with van der Waals surface area (Å²) in [5, 5.41) is 15.5. The van der Waals surface area contributed by atoms with Crippen molar-refractivity contribution in [3.8, 4) is 28.8 Å². The van der Waals surface area contributed by atoms with Crippen LogP contribution in [0.1, 0.15) is 38.6 Å². The lowest BCUT2D eigenvalue weighted by molar-refractivity contribution is -0.128. The number of pyridine rings is 1. The van der Waals surface area contributed by atoms with E-state index in [4.69, 9.17) is 20.3 Å². The van der Waals surface area contributed by atoms with E-state index in [0.717, 1.165) is 52.0 Å². The van der Waals surface area contributed by atoms with Gasteiger partial charge in [-0.25, -0.2) is 9.37 Å². The van der Waals surface area contributed by atoms with E-state index in [9.17, 15) is 10.1 Å². The third-order valence-corrected chi connectivity index (χ3v) is 9.77. The molecule has 11 heteroatoms. The van der Waals surface area contributed by atoms with Gasteiger partial charge in [-0.05, 0) is 74.5 Å². The Kier molecular flexibility index (Phi) is 8.39. The number of anilines is 1. The maximum absolute atomic E-state index is 15.7. The molecule has 2 aromatic heterocycles. The number of amides is 1. The summed E-state index contributed by atoms with van der Waals surface area (Å²) in [6.45, 7) is 6.48.